The number of benzene rings is 1. The van der Waals surface area contributed by atoms with E-state index in [1.54, 1.807) is 11.8 Å². The van der Waals surface area contributed by atoms with Gasteiger partial charge < -0.3 is 26.8 Å². The number of primary amides is 1. The Morgan fingerprint density at radius 3 is 2.88 bits per heavy atom. The second-order valence-electron chi connectivity index (χ2n) is 8.03. The van der Waals surface area contributed by atoms with E-state index in [-0.39, 0.29) is 29.3 Å². The van der Waals surface area contributed by atoms with Gasteiger partial charge in [0.15, 0.2) is 11.6 Å². The Hall–Kier alpha value is -3.24. The Labute approximate surface area is 185 Å². The number of nitrogens with one attached hydrogen (secondary N) is 2. The fourth-order valence-electron chi connectivity index (χ4n) is 4.02. The summed E-state index contributed by atoms with van der Waals surface area (Å²) in [6.45, 7) is 1.13. The van der Waals surface area contributed by atoms with Crippen molar-refractivity contribution >= 4 is 34.1 Å². The predicted octanol–water partition coefficient (Wildman–Crippen LogP) is 2.74. The lowest BCUT2D eigenvalue weighted by Crippen LogP contribution is -2.43. The first kappa shape index (κ1) is 22.0. The molecule has 3 aromatic rings. The number of pyridine rings is 1. The lowest BCUT2D eigenvalue weighted by Gasteiger charge is -2.30. The minimum Gasteiger partial charge on any atom is -0.383 e. The maximum Gasteiger partial charge on any atom is 0.252 e. The molecule has 0 spiro atoms. The van der Waals surface area contributed by atoms with E-state index < -0.39 is 11.7 Å². The van der Waals surface area contributed by atoms with Gasteiger partial charge in [0.05, 0.1) is 29.9 Å². The highest BCUT2D eigenvalue weighted by Crippen LogP contribution is 2.29. The molecule has 1 saturated carbocycles. The number of nitrogens with zero attached hydrogens (tertiary/aromatic N) is 3. The summed E-state index contributed by atoms with van der Waals surface area (Å²) in [7, 11) is 1.63. The van der Waals surface area contributed by atoms with Crippen LogP contribution in [0.2, 0.25) is 0 Å². The largest absolute Gasteiger partial charge is 0.383 e. The molecule has 1 amide bonds. The Morgan fingerprint density at radius 2 is 2.12 bits per heavy atom. The summed E-state index contributed by atoms with van der Waals surface area (Å²) in [5, 5.41) is 11.6. The molecule has 4 rings (SSSR count). The van der Waals surface area contributed by atoms with Gasteiger partial charge >= 0.3 is 0 Å². The molecule has 9 nitrogen and oxygen atoms in total. The lowest BCUT2D eigenvalue weighted by molar-refractivity contribution is 0.100. The molecule has 0 saturated heterocycles. The first-order valence-electron chi connectivity index (χ1n) is 10.7. The van der Waals surface area contributed by atoms with Gasteiger partial charge in [-0.2, -0.15) is 5.10 Å². The number of anilines is 3. The highest BCUT2D eigenvalue weighted by atomic mass is 19.1. The van der Waals surface area contributed by atoms with Gasteiger partial charge in [-0.25, -0.2) is 9.37 Å². The maximum absolute atomic E-state index is 14.8. The fraction of sp³-hybridized carbons (Fsp3) is 0.409. The molecule has 0 bridgehead atoms. The molecule has 170 valence electrons. The third-order valence-corrected chi connectivity index (χ3v) is 5.76. The summed E-state index contributed by atoms with van der Waals surface area (Å²) in [5.41, 5.74) is 13.1. The van der Waals surface area contributed by atoms with E-state index in [1.165, 1.54) is 0 Å². The number of hydrogen-bond acceptors (Lipinski definition) is 7. The third kappa shape index (κ3) is 4.66. The van der Waals surface area contributed by atoms with Crippen molar-refractivity contribution in [3.8, 4) is 0 Å². The molecule has 1 aromatic carbocycles. The smallest absolute Gasteiger partial charge is 0.252 e. The van der Waals surface area contributed by atoms with E-state index in [0.717, 1.165) is 42.7 Å². The van der Waals surface area contributed by atoms with E-state index in [9.17, 15) is 9.18 Å². The molecule has 1 fully saturated rings. The summed E-state index contributed by atoms with van der Waals surface area (Å²) < 4.78 is 21.7. The Bertz CT molecular complexity index is 1120. The molecule has 1 aliphatic rings. The van der Waals surface area contributed by atoms with E-state index in [2.05, 4.69) is 20.7 Å². The Morgan fingerprint density at radius 1 is 1.31 bits per heavy atom. The van der Waals surface area contributed by atoms with Crippen LogP contribution in [0.25, 0.3) is 10.9 Å². The predicted molar refractivity (Wildman–Crippen MR) is 121 cm³/mol. The number of nitrogens with two attached hydrogens (primary N) is 2. The van der Waals surface area contributed by atoms with Crippen molar-refractivity contribution in [1.29, 1.82) is 0 Å². The number of halogens is 1. The van der Waals surface area contributed by atoms with Gasteiger partial charge in [-0.3, -0.25) is 9.48 Å². The minimum absolute atomic E-state index is 0.0372. The topological polar surface area (TPSA) is 133 Å². The lowest BCUT2D eigenvalue weighted by atomic mass is 9.91. The van der Waals surface area contributed by atoms with Crippen LogP contribution in [0.3, 0.4) is 0 Å². The second kappa shape index (κ2) is 9.49. The summed E-state index contributed by atoms with van der Waals surface area (Å²) in [4.78, 5) is 16.4. The standard InChI is InChI=1S/C22H28FN7O2/c1-32-10-9-30-12-14-17(7-4-8-18(14)29-30)26-21-13(20(25)31)11-15(23)22(28-21)27-19-6-3-2-5-16(19)24/h4,7-8,11-12,16,19H,2-3,5-6,9-10,24H2,1H3,(H2,25,31)(H2,26,27,28)/t16-,19?/m0/s1. The number of carbonyl (C=O) groups is 1. The zero-order valence-corrected chi connectivity index (χ0v) is 18.0. The van der Waals surface area contributed by atoms with Crippen LogP contribution in [-0.2, 0) is 11.3 Å². The van der Waals surface area contributed by atoms with Crippen LogP contribution >= 0.6 is 0 Å². The molecule has 1 aliphatic carbocycles. The van der Waals surface area contributed by atoms with Gasteiger partial charge in [-0.05, 0) is 31.0 Å². The van der Waals surface area contributed by atoms with Crippen LogP contribution in [0, 0.1) is 5.82 Å². The fourth-order valence-corrected chi connectivity index (χ4v) is 4.02. The van der Waals surface area contributed by atoms with Crippen molar-refractivity contribution in [1.82, 2.24) is 14.8 Å². The monoisotopic (exact) mass is 441 g/mol. The van der Waals surface area contributed by atoms with Crippen molar-refractivity contribution in [2.24, 2.45) is 11.5 Å². The quantitative estimate of drug-likeness (QED) is 0.422. The molecule has 1 unspecified atom stereocenters. The van der Waals surface area contributed by atoms with Crippen LogP contribution in [0.4, 0.5) is 21.7 Å². The van der Waals surface area contributed by atoms with Gasteiger partial charge in [0.2, 0.25) is 0 Å². The molecule has 0 aliphatic heterocycles. The average Bonchev–Trinajstić information content (AvgIpc) is 3.19. The molecule has 10 heteroatoms. The molecule has 2 heterocycles. The van der Waals surface area contributed by atoms with E-state index in [4.69, 9.17) is 16.2 Å². The van der Waals surface area contributed by atoms with Crippen molar-refractivity contribution < 1.29 is 13.9 Å². The molecule has 6 N–H and O–H groups in total. The van der Waals surface area contributed by atoms with Crippen LogP contribution in [0.1, 0.15) is 36.0 Å². The third-order valence-electron chi connectivity index (χ3n) is 5.76. The maximum atomic E-state index is 14.8. The first-order chi connectivity index (χ1) is 15.5. The van der Waals surface area contributed by atoms with Crippen molar-refractivity contribution in [2.45, 2.75) is 44.3 Å². The van der Waals surface area contributed by atoms with E-state index in [1.807, 2.05) is 24.4 Å². The van der Waals surface area contributed by atoms with Crippen LogP contribution < -0.4 is 22.1 Å². The number of aromatic nitrogens is 3. The number of rotatable bonds is 8. The number of ether oxygens (including phenoxy) is 1. The average molecular weight is 442 g/mol. The van der Waals surface area contributed by atoms with Gasteiger partial charge in [-0.15, -0.1) is 0 Å². The molecule has 0 radical (unpaired) electrons. The SMILES string of the molecule is COCCn1cc2c(Nc3nc(NC4CCCC[C@@H]4N)c(F)cc3C(N)=O)cccc2n1. The molecule has 2 atom stereocenters. The first-order valence-corrected chi connectivity index (χ1v) is 10.7. The summed E-state index contributed by atoms with van der Waals surface area (Å²) in [5.74, 6) is -1.21. The van der Waals surface area contributed by atoms with Crippen LogP contribution in [0.5, 0.6) is 0 Å². The summed E-state index contributed by atoms with van der Waals surface area (Å²) in [6, 6.07) is 6.51. The number of amides is 1. The van der Waals surface area contributed by atoms with Gasteiger partial charge in [0.25, 0.3) is 5.91 Å². The molecular weight excluding hydrogens is 413 g/mol. The highest BCUT2D eigenvalue weighted by molar-refractivity contribution is 6.00. The van der Waals surface area contributed by atoms with Crippen LogP contribution in [-0.4, -0.2) is 46.5 Å². The summed E-state index contributed by atoms with van der Waals surface area (Å²) in [6.07, 6.45) is 5.67. The number of methoxy groups -OCH3 is 1. The van der Waals surface area contributed by atoms with Gasteiger partial charge in [-0.1, -0.05) is 18.9 Å². The minimum atomic E-state index is -0.775. The molecule has 2 aromatic heterocycles. The zero-order chi connectivity index (χ0) is 22.7. The zero-order valence-electron chi connectivity index (χ0n) is 18.0. The Balaban J connectivity index is 1.67. The normalized spacial score (nSPS) is 18.6. The highest BCUT2D eigenvalue weighted by Gasteiger charge is 2.24. The summed E-state index contributed by atoms with van der Waals surface area (Å²) >= 11 is 0. The number of hydrogen-bond donors (Lipinski definition) is 4. The van der Waals surface area contributed by atoms with E-state index in [0.29, 0.717) is 18.8 Å². The second-order valence-corrected chi connectivity index (χ2v) is 8.03. The Kier molecular flexibility index (Phi) is 6.52. The molecular formula is C22H28FN7O2. The van der Waals surface area contributed by atoms with Gasteiger partial charge in [0, 0.05) is 30.8 Å². The van der Waals surface area contributed by atoms with Crippen LogP contribution in [0.15, 0.2) is 30.5 Å². The number of carbonyl (C=O) groups excluding carboxylic acids is 1. The van der Waals surface area contributed by atoms with Gasteiger partial charge in [0.1, 0.15) is 5.82 Å². The molecule has 32 heavy (non-hydrogen) atoms. The van der Waals surface area contributed by atoms with Crippen molar-refractivity contribution in [3.63, 3.8) is 0 Å². The number of fused-ring (bicyclic) bond motifs is 1. The van der Waals surface area contributed by atoms with Crippen molar-refractivity contribution in [2.75, 3.05) is 24.4 Å². The van der Waals surface area contributed by atoms with Crippen molar-refractivity contribution in [3.05, 3.63) is 41.8 Å². The van der Waals surface area contributed by atoms with E-state index >= 15 is 0 Å².